The molecule has 0 saturated heterocycles. The highest BCUT2D eigenvalue weighted by Gasteiger charge is 2.26. The number of carbonyl (C=O) groups is 1. The zero-order chi connectivity index (χ0) is 13.2. The molecule has 0 radical (unpaired) electrons. The first-order valence-electron chi connectivity index (χ1n) is 4.52. The summed E-state index contributed by atoms with van der Waals surface area (Å²) in [4.78, 5) is 10.8. The minimum Gasteiger partial charge on any atom is -0.493 e. The molecule has 1 atom stereocenters. The van der Waals surface area contributed by atoms with Crippen molar-refractivity contribution in [1.29, 1.82) is 0 Å². The van der Waals surface area contributed by atoms with E-state index in [9.17, 15) is 9.18 Å². The van der Waals surface area contributed by atoms with Gasteiger partial charge in [0, 0.05) is 11.6 Å². The van der Waals surface area contributed by atoms with E-state index in [1.54, 1.807) is 0 Å². The molecule has 0 aliphatic carbocycles. The Hall–Kier alpha value is -1.34. The van der Waals surface area contributed by atoms with Gasteiger partial charge < -0.3 is 20.3 Å². The summed E-state index contributed by atoms with van der Waals surface area (Å²) in [5.74, 6) is -1.76. The van der Waals surface area contributed by atoms with Crippen LogP contribution >= 0.6 is 15.9 Å². The van der Waals surface area contributed by atoms with Crippen molar-refractivity contribution in [3.05, 3.63) is 21.9 Å². The molecule has 1 rings (SSSR count). The number of aliphatic carboxylic acids is 1. The molecule has 0 aliphatic heterocycles. The van der Waals surface area contributed by atoms with Crippen LogP contribution in [0.3, 0.4) is 0 Å². The Bertz CT molecular complexity index is 452. The minimum absolute atomic E-state index is 0.131. The molecular weight excluding hydrogens is 297 g/mol. The van der Waals surface area contributed by atoms with Crippen LogP contribution in [0.4, 0.5) is 4.39 Å². The zero-order valence-corrected chi connectivity index (χ0v) is 10.7. The van der Waals surface area contributed by atoms with Gasteiger partial charge in [-0.2, -0.15) is 0 Å². The molecule has 94 valence electrons. The first-order chi connectivity index (χ1) is 7.93. The molecule has 1 aromatic carbocycles. The second-order valence-corrected chi connectivity index (χ2v) is 3.93. The number of rotatable bonds is 4. The Morgan fingerprint density at radius 3 is 2.53 bits per heavy atom. The molecule has 1 aromatic rings. The lowest BCUT2D eigenvalue weighted by atomic mass is 10.1. The van der Waals surface area contributed by atoms with Gasteiger partial charge in [-0.15, -0.1) is 0 Å². The van der Waals surface area contributed by atoms with E-state index in [1.165, 1.54) is 14.2 Å². The number of methoxy groups -OCH3 is 2. The smallest absolute Gasteiger partial charge is 0.325 e. The van der Waals surface area contributed by atoms with Gasteiger partial charge in [0.25, 0.3) is 0 Å². The SMILES string of the molecule is COc1cc(F)c(C(N)C(=O)O)c(Br)c1OC. The van der Waals surface area contributed by atoms with Crippen molar-refractivity contribution >= 4 is 21.9 Å². The van der Waals surface area contributed by atoms with Crippen molar-refractivity contribution in [2.75, 3.05) is 14.2 Å². The lowest BCUT2D eigenvalue weighted by Gasteiger charge is -2.16. The van der Waals surface area contributed by atoms with Crippen molar-refractivity contribution in [3.63, 3.8) is 0 Å². The van der Waals surface area contributed by atoms with Crippen LogP contribution in [0.5, 0.6) is 11.5 Å². The molecule has 1 unspecified atom stereocenters. The Kier molecular flexibility index (Phi) is 4.30. The molecule has 0 spiro atoms. The molecule has 17 heavy (non-hydrogen) atoms. The van der Waals surface area contributed by atoms with Crippen molar-refractivity contribution < 1.29 is 23.8 Å². The predicted octanol–water partition coefficient (Wildman–Crippen LogP) is 1.69. The number of carboxylic acids is 1. The van der Waals surface area contributed by atoms with Crippen LogP contribution in [0.1, 0.15) is 11.6 Å². The third-order valence-corrected chi connectivity index (χ3v) is 2.96. The van der Waals surface area contributed by atoms with Crippen molar-refractivity contribution in [2.24, 2.45) is 5.73 Å². The monoisotopic (exact) mass is 307 g/mol. The van der Waals surface area contributed by atoms with E-state index in [0.717, 1.165) is 6.07 Å². The number of benzene rings is 1. The van der Waals surface area contributed by atoms with Crippen LogP contribution in [0.15, 0.2) is 10.5 Å². The summed E-state index contributed by atoms with van der Waals surface area (Å²) in [5, 5.41) is 8.79. The van der Waals surface area contributed by atoms with Gasteiger partial charge in [0.05, 0.1) is 18.7 Å². The number of halogens is 2. The van der Waals surface area contributed by atoms with Gasteiger partial charge in [0.2, 0.25) is 0 Å². The van der Waals surface area contributed by atoms with Crippen LogP contribution in [-0.4, -0.2) is 25.3 Å². The van der Waals surface area contributed by atoms with E-state index in [0.29, 0.717) is 0 Å². The first kappa shape index (κ1) is 13.7. The molecule has 0 fully saturated rings. The summed E-state index contributed by atoms with van der Waals surface area (Å²) >= 11 is 3.06. The fraction of sp³-hybridized carbons (Fsp3) is 0.300. The van der Waals surface area contributed by atoms with Gasteiger partial charge in [-0.05, 0) is 15.9 Å². The Balaban J connectivity index is 3.47. The van der Waals surface area contributed by atoms with Crippen LogP contribution < -0.4 is 15.2 Å². The molecular formula is C10H11BrFNO4. The fourth-order valence-electron chi connectivity index (χ4n) is 1.34. The van der Waals surface area contributed by atoms with Crippen LogP contribution in [0.25, 0.3) is 0 Å². The topological polar surface area (TPSA) is 81.8 Å². The maximum Gasteiger partial charge on any atom is 0.325 e. The predicted molar refractivity (Wildman–Crippen MR) is 61.8 cm³/mol. The van der Waals surface area contributed by atoms with Gasteiger partial charge >= 0.3 is 5.97 Å². The molecule has 3 N–H and O–H groups in total. The van der Waals surface area contributed by atoms with Crippen LogP contribution in [-0.2, 0) is 4.79 Å². The highest BCUT2D eigenvalue weighted by Crippen LogP contribution is 2.41. The lowest BCUT2D eigenvalue weighted by Crippen LogP contribution is -2.22. The first-order valence-corrected chi connectivity index (χ1v) is 5.31. The van der Waals surface area contributed by atoms with E-state index < -0.39 is 17.8 Å². The average Bonchev–Trinajstić information content (AvgIpc) is 2.27. The minimum atomic E-state index is -1.48. The molecule has 0 amide bonds. The van der Waals surface area contributed by atoms with Gasteiger partial charge in [-0.1, -0.05) is 0 Å². The van der Waals surface area contributed by atoms with E-state index in [2.05, 4.69) is 15.9 Å². The second kappa shape index (κ2) is 5.33. The van der Waals surface area contributed by atoms with Crippen LogP contribution in [0.2, 0.25) is 0 Å². The van der Waals surface area contributed by atoms with Crippen LogP contribution in [0, 0.1) is 5.82 Å². The highest BCUT2D eigenvalue weighted by atomic mass is 79.9. The number of ether oxygens (including phenoxy) is 2. The average molecular weight is 308 g/mol. The van der Waals surface area contributed by atoms with Gasteiger partial charge in [0.15, 0.2) is 11.5 Å². The number of carboxylic acid groups (broad SMARTS) is 1. The lowest BCUT2D eigenvalue weighted by molar-refractivity contribution is -0.138. The zero-order valence-electron chi connectivity index (χ0n) is 9.16. The third kappa shape index (κ3) is 2.50. The van der Waals surface area contributed by atoms with Gasteiger partial charge in [-0.3, -0.25) is 4.79 Å². The van der Waals surface area contributed by atoms with E-state index in [4.69, 9.17) is 20.3 Å². The second-order valence-electron chi connectivity index (χ2n) is 3.14. The molecule has 7 heteroatoms. The summed E-state index contributed by atoms with van der Waals surface area (Å²) in [7, 11) is 2.71. The summed E-state index contributed by atoms with van der Waals surface area (Å²) < 4.78 is 23.8. The highest BCUT2D eigenvalue weighted by molar-refractivity contribution is 9.10. The van der Waals surface area contributed by atoms with E-state index >= 15 is 0 Å². The summed E-state index contributed by atoms with van der Waals surface area (Å²) in [6.45, 7) is 0. The van der Waals surface area contributed by atoms with Gasteiger partial charge in [-0.25, -0.2) is 4.39 Å². The normalized spacial score (nSPS) is 12.1. The molecule has 0 bridgehead atoms. The van der Waals surface area contributed by atoms with Crippen molar-refractivity contribution in [1.82, 2.24) is 0 Å². The molecule has 0 aliphatic rings. The summed E-state index contributed by atoms with van der Waals surface area (Å²) in [5.41, 5.74) is 5.20. The molecule has 0 heterocycles. The summed E-state index contributed by atoms with van der Waals surface area (Å²) in [6, 6.07) is -0.453. The quantitative estimate of drug-likeness (QED) is 0.884. The third-order valence-electron chi connectivity index (χ3n) is 2.18. The Morgan fingerprint density at radius 1 is 1.53 bits per heavy atom. The maximum atomic E-state index is 13.7. The van der Waals surface area contributed by atoms with E-state index in [-0.39, 0.29) is 21.5 Å². The Morgan fingerprint density at radius 2 is 2.12 bits per heavy atom. The van der Waals surface area contributed by atoms with Gasteiger partial charge in [0.1, 0.15) is 11.9 Å². The molecule has 5 nitrogen and oxygen atoms in total. The Labute approximate surface area is 105 Å². The standard InChI is InChI=1S/C10H11BrFNO4/c1-16-5-3-4(12)6(8(13)10(14)15)7(11)9(5)17-2/h3,8H,13H2,1-2H3,(H,14,15). The largest absolute Gasteiger partial charge is 0.493 e. The summed E-state index contributed by atoms with van der Waals surface area (Å²) in [6.07, 6.45) is 0. The maximum absolute atomic E-state index is 13.7. The number of hydrogen-bond acceptors (Lipinski definition) is 4. The molecule has 0 aromatic heterocycles. The molecule has 0 saturated carbocycles. The van der Waals surface area contributed by atoms with Crippen molar-refractivity contribution in [2.45, 2.75) is 6.04 Å². The fourth-order valence-corrected chi connectivity index (χ4v) is 2.14. The number of nitrogens with two attached hydrogens (primary N) is 1. The van der Waals surface area contributed by atoms with Crippen molar-refractivity contribution in [3.8, 4) is 11.5 Å². The van der Waals surface area contributed by atoms with E-state index in [1.807, 2.05) is 0 Å². The number of hydrogen-bond donors (Lipinski definition) is 2.